The van der Waals surface area contributed by atoms with Crippen molar-refractivity contribution in [1.82, 2.24) is 10.4 Å². The van der Waals surface area contributed by atoms with Crippen LogP contribution in [0.15, 0.2) is 73.8 Å². The maximum absolute atomic E-state index is 12.0. The molecule has 4 rings (SSSR count). The summed E-state index contributed by atoms with van der Waals surface area (Å²) in [5, 5.41) is 5.19. The second kappa shape index (κ2) is 8.73. The summed E-state index contributed by atoms with van der Waals surface area (Å²) >= 11 is 13.4. The van der Waals surface area contributed by atoms with Crippen LogP contribution in [0.2, 0.25) is 10.0 Å². The number of hydrazone groups is 1. The zero-order chi connectivity index (χ0) is 20.2. The number of nitrogens with one attached hydrogen (secondary N) is 1. The van der Waals surface area contributed by atoms with Gasteiger partial charge in [0.25, 0.3) is 11.1 Å². The number of fused-ring (bicyclic) bond motifs is 1. The molecule has 0 spiro atoms. The van der Waals surface area contributed by atoms with Gasteiger partial charge in [0.15, 0.2) is 5.58 Å². The Balaban J connectivity index is 1.32. The fourth-order valence-electron chi connectivity index (χ4n) is 2.50. The molecule has 0 fully saturated rings. The Morgan fingerprint density at radius 3 is 2.83 bits per heavy atom. The summed E-state index contributed by atoms with van der Waals surface area (Å²) < 4.78 is 11.2. The van der Waals surface area contributed by atoms with Crippen molar-refractivity contribution >= 4 is 58.2 Å². The number of aromatic nitrogens is 1. The van der Waals surface area contributed by atoms with Crippen LogP contribution < -0.4 is 5.43 Å². The number of hydrogen-bond acceptors (Lipinski definition) is 6. The van der Waals surface area contributed by atoms with Gasteiger partial charge in [0.05, 0.1) is 22.0 Å². The predicted molar refractivity (Wildman–Crippen MR) is 115 cm³/mol. The van der Waals surface area contributed by atoms with E-state index in [2.05, 4.69) is 15.5 Å². The van der Waals surface area contributed by atoms with E-state index in [0.717, 1.165) is 5.52 Å². The van der Waals surface area contributed by atoms with Crippen LogP contribution in [-0.4, -0.2) is 22.9 Å². The molecule has 0 atom stereocenters. The third-order valence-electron chi connectivity index (χ3n) is 3.83. The molecule has 1 N–H and O–H groups in total. The first-order chi connectivity index (χ1) is 14.1. The van der Waals surface area contributed by atoms with E-state index in [1.807, 2.05) is 24.3 Å². The van der Waals surface area contributed by atoms with Crippen molar-refractivity contribution in [3.8, 4) is 11.3 Å². The largest absolute Gasteiger partial charge is 0.455 e. The molecule has 1 amide bonds. The van der Waals surface area contributed by atoms with E-state index in [1.54, 1.807) is 30.3 Å². The van der Waals surface area contributed by atoms with Crippen LogP contribution >= 0.6 is 35.0 Å². The molecule has 0 unspecified atom stereocenters. The molecule has 2 heterocycles. The summed E-state index contributed by atoms with van der Waals surface area (Å²) in [6.45, 7) is 0. The predicted octanol–water partition coefficient (Wildman–Crippen LogP) is 5.64. The van der Waals surface area contributed by atoms with Crippen molar-refractivity contribution in [2.24, 2.45) is 5.10 Å². The third-order valence-corrected chi connectivity index (χ3v) is 5.47. The van der Waals surface area contributed by atoms with Crippen molar-refractivity contribution in [2.45, 2.75) is 5.22 Å². The molecular weight excluding hydrogens is 433 g/mol. The highest BCUT2D eigenvalue weighted by Crippen LogP contribution is 2.34. The highest BCUT2D eigenvalue weighted by Gasteiger charge is 2.11. The number of para-hydroxylation sites is 2. The van der Waals surface area contributed by atoms with Crippen LogP contribution in [0, 0.1) is 0 Å². The van der Waals surface area contributed by atoms with E-state index < -0.39 is 0 Å². The van der Waals surface area contributed by atoms with Crippen molar-refractivity contribution in [2.75, 3.05) is 5.75 Å². The molecule has 9 heteroatoms. The monoisotopic (exact) mass is 445 g/mol. The fraction of sp³-hybridized carbons (Fsp3) is 0.0500. The van der Waals surface area contributed by atoms with Gasteiger partial charge in [-0.2, -0.15) is 5.10 Å². The molecule has 4 aromatic rings. The van der Waals surface area contributed by atoms with Gasteiger partial charge in [-0.3, -0.25) is 4.79 Å². The van der Waals surface area contributed by atoms with E-state index in [0.29, 0.717) is 37.9 Å². The molecular formula is C20H13Cl2N3O3S. The molecule has 0 bridgehead atoms. The Morgan fingerprint density at radius 2 is 1.97 bits per heavy atom. The number of furan rings is 1. The first-order valence-electron chi connectivity index (χ1n) is 8.44. The van der Waals surface area contributed by atoms with Crippen LogP contribution in [0.25, 0.3) is 22.4 Å². The van der Waals surface area contributed by atoms with Crippen LogP contribution in [-0.2, 0) is 4.79 Å². The summed E-state index contributed by atoms with van der Waals surface area (Å²) in [5.74, 6) is 0.837. The maximum atomic E-state index is 12.0. The number of thioether (sulfide) groups is 1. The third kappa shape index (κ3) is 4.64. The number of rotatable bonds is 6. The number of carbonyl (C=O) groups is 1. The maximum Gasteiger partial charge on any atom is 0.257 e. The number of hydrogen-bond donors (Lipinski definition) is 1. The Hall–Kier alpha value is -2.74. The summed E-state index contributed by atoms with van der Waals surface area (Å²) in [5.41, 5.74) is 4.55. The molecule has 0 aliphatic heterocycles. The minimum atomic E-state index is -0.293. The lowest BCUT2D eigenvalue weighted by Gasteiger charge is -2.01. The zero-order valence-electron chi connectivity index (χ0n) is 14.8. The van der Waals surface area contributed by atoms with E-state index >= 15 is 0 Å². The van der Waals surface area contributed by atoms with Gasteiger partial charge in [-0.1, -0.05) is 53.2 Å². The van der Waals surface area contributed by atoms with Crippen LogP contribution in [0.3, 0.4) is 0 Å². The molecule has 2 aromatic heterocycles. The average Bonchev–Trinajstić information content (AvgIpc) is 3.35. The van der Waals surface area contributed by atoms with Gasteiger partial charge in [0, 0.05) is 5.56 Å². The van der Waals surface area contributed by atoms with E-state index in [9.17, 15) is 4.79 Å². The lowest BCUT2D eigenvalue weighted by Crippen LogP contribution is -2.19. The molecule has 2 aromatic carbocycles. The Morgan fingerprint density at radius 1 is 1.10 bits per heavy atom. The Kier molecular flexibility index (Phi) is 5.89. The van der Waals surface area contributed by atoms with Crippen LogP contribution in [0.4, 0.5) is 0 Å². The number of oxazole rings is 1. The molecule has 29 heavy (non-hydrogen) atoms. The Labute approximate surface area is 179 Å². The zero-order valence-corrected chi connectivity index (χ0v) is 17.1. The van der Waals surface area contributed by atoms with E-state index in [1.165, 1.54) is 18.0 Å². The van der Waals surface area contributed by atoms with Gasteiger partial charge in [-0.05, 0) is 36.4 Å². The SMILES string of the molecule is O=C(CSc1nc2ccccc2o1)N/N=C\c1ccc(-c2cccc(Cl)c2Cl)o1. The lowest BCUT2D eigenvalue weighted by molar-refractivity contribution is -0.118. The molecule has 0 saturated carbocycles. The topological polar surface area (TPSA) is 80.6 Å². The quantitative estimate of drug-likeness (QED) is 0.236. The minimum absolute atomic E-state index is 0.117. The highest BCUT2D eigenvalue weighted by molar-refractivity contribution is 7.99. The molecule has 0 aliphatic rings. The molecule has 6 nitrogen and oxygen atoms in total. The van der Waals surface area contributed by atoms with Gasteiger partial charge in [0.1, 0.15) is 17.0 Å². The van der Waals surface area contributed by atoms with Crippen molar-refractivity contribution in [3.63, 3.8) is 0 Å². The second-order valence-electron chi connectivity index (χ2n) is 5.83. The summed E-state index contributed by atoms with van der Waals surface area (Å²) in [6, 6.07) is 16.2. The highest BCUT2D eigenvalue weighted by atomic mass is 35.5. The van der Waals surface area contributed by atoms with E-state index in [-0.39, 0.29) is 11.7 Å². The molecule has 0 radical (unpaired) electrons. The number of benzene rings is 2. The molecule has 146 valence electrons. The standard InChI is InChI=1S/C20H13Cl2N3O3S/c21-14-5-3-4-13(19(14)22)16-9-8-12(27-16)10-23-25-18(26)11-29-20-24-15-6-1-2-7-17(15)28-20/h1-10H,11H2,(H,25,26)/b23-10-. The summed E-state index contributed by atoms with van der Waals surface area (Å²) in [6.07, 6.45) is 1.41. The van der Waals surface area contributed by atoms with E-state index in [4.69, 9.17) is 32.0 Å². The number of halogens is 2. The van der Waals surface area contributed by atoms with Gasteiger partial charge >= 0.3 is 0 Å². The van der Waals surface area contributed by atoms with Crippen molar-refractivity contribution in [3.05, 3.63) is 70.4 Å². The average molecular weight is 446 g/mol. The summed E-state index contributed by atoms with van der Waals surface area (Å²) in [7, 11) is 0. The van der Waals surface area contributed by atoms with Crippen LogP contribution in [0.1, 0.15) is 5.76 Å². The first-order valence-corrected chi connectivity index (χ1v) is 10.2. The fourth-order valence-corrected chi connectivity index (χ4v) is 3.53. The lowest BCUT2D eigenvalue weighted by atomic mass is 10.2. The van der Waals surface area contributed by atoms with Crippen LogP contribution in [0.5, 0.6) is 0 Å². The normalized spacial score (nSPS) is 11.4. The smallest absolute Gasteiger partial charge is 0.257 e. The Bertz CT molecular complexity index is 1170. The van der Waals surface area contributed by atoms with Crippen molar-refractivity contribution < 1.29 is 13.6 Å². The second-order valence-corrected chi connectivity index (χ2v) is 7.54. The number of carbonyl (C=O) groups excluding carboxylic acids is 1. The summed E-state index contributed by atoms with van der Waals surface area (Å²) in [4.78, 5) is 16.3. The minimum Gasteiger partial charge on any atom is -0.455 e. The van der Waals surface area contributed by atoms with Crippen molar-refractivity contribution in [1.29, 1.82) is 0 Å². The van der Waals surface area contributed by atoms with Gasteiger partial charge in [-0.15, -0.1) is 0 Å². The molecule has 0 aliphatic carbocycles. The first kappa shape index (κ1) is 19.6. The number of nitrogens with zero attached hydrogens (tertiary/aromatic N) is 2. The van der Waals surface area contributed by atoms with Gasteiger partial charge in [0.2, 0.25) is 0 Å². The van der Waals surface area contributed by atoms with Gasteiger partial charge in [-0.25, -0.2) is 10.4 Å². The number of amides is 1. The van der Waals surface area contributed by atoms with Gasteiger partial charge < -0.3 is 8.83 Å². The molecule has 0 saturated heterocycles.